The normalized spacial score (nSPS) is 11.8. The van der Waals surface area contributed by atoms with Crippen molar-refractivity contribution < 1.29 is 14.1 Å². The molecule has 0 aliphatic rings. The van der Waals surface area contributed by atoms with E-state index in [1.54, 1.807) is 24.3 Å². The number of methoxy groups -OCH3 is 1. The van der Waals surface area contributed by atoms with E-state index in [1.165, 1.54) is 25.3 Å². The van der Waals surface area contributed by atoms with Crippen molar-refractivity contribution in [3.05, 3.63) is 64.0 Å². The molecule has 6 heteroatoms. The third kappa shape index (κ3) is 3.16. The Bertz CT molecular complexity index is 674. The Morgan fingerprint density at radius 2 is 1.86 bits per heavy atom. The minimum absolute atomic E-state index is 0.0215. The topological polar surface area (TPSA) is 55.6 Å². The van der Waals surface area contributed by atoms with Crippen molar-refractivity contribution in [1.29, 1.82) is 0 Å². The summed E-state index contributed by atoms with van der Waals surface area (Å²) in [7, 11) is 3.27. The summed E-state index contributed by atoms with van der Waals surface area (Å²) < 4.78 is 18.1. The zero-order valence-electron chi connectivity index (χ0n) is 12.6. The van der Waals surface area contributed by atoms with Gasteiger partial charge in [0.25, 0.3) is 0 Å². The molecular formula is C16H17FN2O3. The molecule has 0 fully saturated rings. The van der Waals surface area contributed by atoms with E-state index in [1.807, 2.05) is 18.9 Å². The summed E-state index contributed by atoms with van der Waals surface area (Å²) in [6, 6.07) is 11.0. The molecular weight excluding hydrogens is 287 g/mol. The molecule has 0 bridgehead atoms. The smallest absolute Gasteiger partial charge is 0.311 e. The summed E-state index contributed by atoms with van der Waals surface area (Å²) in [5.74, 6) is -0.0729. The minimum Gasteiger partial charge on any atom is -0.490 e. The summed E-state index contributed by atoms with van der Waals surface area (Å²) in [5.41, 5.74) is 1.65. The lowest BCUT2D eigenvalue weighted by Gasteiger charge is -2.27. The van der Waals surface area contributed by atoms with Gasteiger partial charge < -0.3 is 9.64 Å². The van der Waals surface area contributed by atoms with Gasteiger partial charge in [0.15, 0.2) is 5.75 Å². The highest BCUT2D eigenvalue weighted by Crippen LogP contribution is 2.33. The molecule has 2 aromatic rings. The quantitative estimate of drug-likeness (QED) is 0.620. The van der Waals surface area contributed by atoms with E-state index in [2.05, 4.69) is 0 Å². The van der Waals surface area contributed by atoms with Crippen LogP contribution in [-0.2, 0) is 0 Å². The standard InChI is InChI=1S/C16H17FN2O3/c1-11(12-4-6-13(17)7-5-12)18(2)14-8-9-15(19(20)21)16(10-14)22-3/h4-11H,1-3H3. The molecule has 1 unspecified atom stereocenters. The first-order valence-electron chi connectivity index (χ1n) is 6.74. The molecule has 0 aliphatic carbocycles. The number of hydrogen-bond donors (Lipinski definition) is 0. The molecule has 0 radical (unpaired) electrons. The van der Waals surface area contributed by atoms with Gasteiger partial charge in [0.05, 0.1) is 18.1 Å². The van der Waals surface area contributed by atoms with Crippen LogP contribution in [0.4, 0.5) is 15.8 Å². The van der Waals surface area contributed by atoms with Crippen LogP contribution in [0.2, 0.25) is 0 Å². The lowest BCUT2D eigenvalue weighted by atomic mass is 10.1. The molecule has 0 saturated carbocycles. The van der Waals surface area contributed by atoms with Crippen molar-refractivity contribution in [2.24, 2.45) is 0 Å². The van der Waals surface area contributed by atoms with Crippen LogP contribution < -0.4 is 9.64 Å². The number of hydrogen-bond acceptors (Lipinski definition) is 4. The van der Waals surface area contributed by atoms with Gasteiger partial charge in [0.2, 0.25) is 0 Å². The Kier molecular flexibility index (Phi) is 4.60. The van der Waals surface area contributed by atoms with Crippen LogP contribution in [0.25, 0.3) is 0 Å². The Morgan fingerprint density at radius 3 is 2.41 bits per heavy atom. The SMILES string of the molecule is COc1cc(N(C)C(C)c2ccc(F)cc2)ccc1[N+](=O)[O-]. The van der Waals surface area contributed by atoms with Gasteiger partial charge >= 0.3 is 5.69 Å². The highest BCUT2D eigenvalue weighted by molar-refractivity contribution is 5.59. The van der Waals surface area contributed by atoms with Crippen molar-refractivity contribution >= 4 is 11.4 Å². The van der Waals surface area contributed by atoms with Crippen LogP contribution in [0.1, 0.15) is 18.5 Å². The number of nitro groups is 1. The summed E-state index contributed by atoms with van der Waals surface area (Å²) in [5, 5.41) is 10.9. The number of rotatable bonds is 5. The predicted octanol–water partition coefficient (Wildman–Crippen LogP) is 3.94. The van der Waals surface area contributed by atoms with E-state index in [-0.39, 0.29) is 23.3 Å². The molecule has 0 amide bonds. The predicted molar refractivity (Wildman–Crippen MR) is 82.9 cm³/mol. The molecule has 0 aliphatic heterocycles. The lowest BCUT2D eigenvalue weighted by molar-refractivity contribution is -0.385. The van der Waals surface area contributed by atoms with Gasteiger partial charge in [-0.3, -0.25) is 10.1 Å². The molecule has 2 rings (SSSR count). The Labute approximate surface area is 128 Å². The van der Waals surface area contributed by atoms with Crippen LogP contribution in [0.3, 0.4) is 0 Å². The highest BCUT2D eigenvalue weighted by Gasteiger charge is 2.18. The molecule has 0 aromatic heterocycles. The first-order chi connectivity index (χ1) is 10.4. The maximum Gasteiger partial charge on any atom is 0.311 e. The monoisotopic (exact) mass is 304 g/mol. The third-order valence-corrected chi connectivity index (χ3v) is 3.70. The number of anilines is 1. The fourth-order valence-electron chi connectivity index (χ4n) is 2.23. The van der Waals surface area contributed by atoms with Crippen molar-refractivity contribution in [2.45, 2.75) is 13.0 Å². The van der Waals surface area contributed by atoms with E-state index in [0.29, 0.717) is 0 Å². The second kappa shape index (κ2) is 6.43. The van der Waals surface area contributed by atoms with Crippen LogP contribution in [0.15, 0.2) is 42.5 Å². The molecule has 1 atom stereocenters. The molecule has 0 N–H and O–H groups in total. The molecule has 0 spiro atoms. The Morgan fingerprint density at radius 1 is 1.23 bits per heavy atom. The minimum atomic E-state index is -0.480. The van der Waals surface area contributed by atoms with Crippen LogP contribution in [0, 0.1) is 15.9 Å². The van der Waals surface area contributed by atoms with Gasteiger partial charge in [-0.05, 0) is 30.7 Å². The van der Waals surface area contributed by atoms with Gasteiger partial charge in [0.1, 0.15) is 5.82 Å². The number of benzene rings is 2. The second-order valence-corrected chi connectivity index (χ2v) is 4.95. The summed E-state index contributed by atoms with van der Waals surface area (Å²) in [6.07, 6.45) is 0. The molecule has 0 saturated heterocycles. The zero-order valence-corrected chi connectivity index (χ0v) is 12.6. The van der Waals surface area contributed by atoms with Gasteiger partial charge in [0, 0.05) is 24.9 Å². The van der Waals surface area contributed by atoms with E-state index in [9.17, 15) is 14.5 Å². The maximum atomic E-state index is 13.0. The number of nitrogens with zero attached hydrogens (tertiary/aromatic N) is 2. The van der Waals surface area contributed by atoms with Crippen LogP contribution in [0.5, 0.6) is 5.75 Å². The average molecular weight is 304 g/mol. The first kappa shape index (κ1) is 15.8. The van der Waals surface area contributed by atoms with E-state index in [4.69, 9.17) is 4.74 Å². The highest BCUT2D eigenvalue weighted by atomic mass is 19.1. The van der Waals surface area contributed by atoms with E-state index < -0.39 is 4.92 Å². The number of ether oxygens (including phenoxy) is 1. The molecule has 5 nitrogen and oxygen atoms in total. The largest absolute Gasteiger partial charge is 0.490 e. The summed E-state index contributed by atoms with van der Waals surface area (Å²) >= 11 is 0. The van der Waals surface area contributed by atoms with Gasteiger partial charge in [-0.2, -0.15) is 0 Å². The third-order valence-electron chi connectivity index (χ3n) is 3.70. The summed E-state index contributed by atoms with van der Waals surface area (Å²) in [4.78, 5) is 12.4. The van der Waals surface area contributed by atoms with Crippen molar-refractivity contribution in [3.63, 3.8) is 0 Å². The van der Waals surface area contributed by atoms with E-state index in [0.717, 1.165) is 11.3 Å². The van der Waals surface area contributed by atoms with Gasteiger partial charge in [-0.15, -0.1) is 0 Å². The van der Waals surface area contributed by atoms with Crippen LogP contribution in [-0.4, -0.2) is 19.1 Å². The Hall–Kier alpha value is -2.63. The average Bonchev–Trinajstić information content (AvgIpc) is 2.53. The van der Waals surface area contributed by atoms with Crippen molar-refractivity contribution in [1.82, 2.24) is 0 Å². The van der Waals surface area contributed by atoms with E-state index >= 15 is 0 Å². The summed E-state index contributed by atoms with van der Waals surface area (Å²) in [6.45, 7) is 1.97. The fraction of sp³-hybridized carbons (Fsp3) is 0.250. The maximum absolute atomic E-state index is 13.0. The fourth-order valence-corrected chi connectivity index (χ4v) is 2.23. The first-order valence-corrected chi connectivity index (χ1v) is 6.74. The van der Waals surface area contributed by atoms with Crippen molar-refractivity contribution in [2.75, 3.05) is 19.1 Å². The number of halogens is 1. The zero-order chi connectivity index (χ0) is 16.3. The molecule has 0 heterocycles. The molecule has 2 aromatic carbocycles. The van der Waals surface area contributed by atoms with Gasteiger partial charge in [-0.1, -0.05) is 12.1 Å². The van der Waals surface area contributed by atoms with Crippen molar-refractivity contribution in [3.8, 4) is 5.75 Å². The second-order valence-electron chi connectivity index (χ2n) is 4.95. The molecule has 116 valence electrons. The van der Waals surface area contributed by atoms with Gasteiger partial charge in [-0.25, -0.2) is 4.39 Å². The lowest BCUT2D eigenvalue weighted by Crippen LogP contribution is -2.21. The Balaban J connectivity index is 2.30. The number of nitro benzene ring substituents is 1. The molecule has 22 heavy (non-hydrogen) atoms. The van der Waals surface area contributed by atoms with Crippen LogP contribution >= 0.6 is 0 Å².